The molecule has 0 N–H and O–H groups in total. The summed E-state index contributed by atoms with van der Waals surface area (Å²) in [5.41, 5.74) is 6.22. The van der Waals surface area contributed by atoms with Gasteiger partial charge in [0.05, 0.1) is 21.9 Å². The third-order valence-corrected chi connectivity index (χ3v) is 12.6. The summed E-state index contributed by atoms with van der Waals surface area (Å²) >= 11 is 0. The average molecular weight is 769 g/mol. The zero-order chi connectivity index (χ0) is 38.7. The number of nitrogens with zero attached hydrogens (tertiary/aromatic N) is 8. The van der Waals surface area contributed by atoms with E-state index in [2.05, 4.69) is 78.7 Å². The number of aryl methyl sites for hydroxylation is 2. The number of hydrogen-bond acceptors (Lipinski definition) is 10. The van der Waals surface area contributed by atoms with E-state index in [0.29, 0.717) is 21.6 Å². The lowest BCUT2D eigenvalue weighted by atomic mass is 9.97. The highest BCUT2D eigenvalue weighted by atomic mass is 32.2. The van der Waals surface area contributed by atoms with Crippen molar-refractivity contribution >= 4 is 53.4 Å². The van der Waals surface area contributed by atoms with Crippen molar-refractivity contribution in [2.75, 3.05) is 35.4 Å². The lowest BCUT2D eigenvalue weighted by Crippen LogP contribution is -2.41. The van der Waals surface area contributed by atoms with Crippen LogP contribution in [0.25, 0.3) is 21.8 Å². The van der Waals surface area contributed by atoms with E-state index in [9.17, 15) is 16.8 Å². The number of hydrogen-bond donors (Lipinski definition) is 0. The summed E-state index contributed by atoms with van der Waals surface area (Å²) in [5, 5.41) is 2.13. The normalized spacial score (nSPS) is 17.5. The molecular formula is C40H48N8O4S2. The Morgan fingerprint density at radius 2 is 0.963 bits per heavy atom. The van der Waals surface area contributed by atoms with Crippen LogP contribution in [0.5, 0.6) is 0 Å². The Hall–Kier alpha value is -4.82. The standard InChI is InChI=1S/2C20H24N4O2S/c2*1-13(2)19-18-11-15-5-6-16(27(4,25)26)12-17(15)23(18)9-10-24(19)20-21-8-7-14(3)22-20/h2*5-8,11-13,19H,9-10H2,1-4H3/t2*19-/m10/s1. The van der Waals surface area contributed by atoms with Crippen molar-refractivity contribution in [1.29, 1.82) is 0 Å². The number of sulfone groups is 2. The molecule has 0 unspecified atom stereocenters. The van der Waals surface area contributed by atoms with E-state index in [1.165, 1.54) is 23.9 Å². The molecule has 0 fully saturated rings. The molecule has 0 radical (unpaired) electrons. The van der Waals surface area contributed by atoms with Gasteiger partial charge in [-0.2, -0.15) is 0 Å². The van der Waals surface area contributed by atoms with Gasteiger partial charge in [-0.3, -0.25) is 0 Å². The van der Waals surface area contributed by atoms with Gasteiger partial charge in [0.25, 0.3) is 0 Å². The Balaban J connectivity index is 0.000000167. The van der Waals surface area contributed by atoms with Gasteiger partial charge in [-0.05, 0) is 74.2 Å². The first-order chi connectivity index (χ1) is 25.5. The fraction of sp³-hybridized carbons (Fsp3) is 0.400. The molecule has 54 heavy (non-hydrogen) atoms. The van der Waals surface area contributed by atoms with Gasteiger partial charge in [-0.1, -0.05) is 39.8 Å². The quantitative estimate of drug-likeness (QED) is 0.180. The summed E-state index contributed by atoms with van der Waals surface area (Å²) < 4.78 is 52.4. The summed E-state index contributed by atoms with van der Waals surface area (Å²) in [6.07, 6.45) is 6.11. The maximum Gasteiger partial charge on any atom is 0.226 e. The molecule has 0 amide bonds. The third kappa shape index (κ3) is 7.08. The fourth-order valence-electron chi connectivity index (χ4n) is 7.97. The molecule has 8 rings (SSSR count). The molecule has 14 heteroatoms. The number of anilines is 2. The Morgan fingerprint density at radius 1 is 0.574 bits per heavy atom. The molecule has 0 saturated heterocycles. The molecule has 2 aliphatic rings. The zero-order valence-corrected chi connectivity index (χ0v) is 33.7. The van der Waals surface area contributed by atoms with E-state index in [4.69, 9.17) is 0 Å². The van der Waals surface area contributed by atoms with Crippen LogP contribution in [0.4, 0.5) is 11.9 Å². The first kappa shape index (κ1) is 37.5. The topological polar surface area (TPSA) is 136 Å². The SMILES string of the molecule is Cc1ccnc(N2CCn3c(cc4ccc(S(C)(=O)=O)cc43)[C@@H]2C(C)C)n1.Cc1ccnc(N2CCn3c(cc4ccc(S(C)(=O)=O)cc43)[C@H]2C(C)C)n1. The van der Waals surface area contributed by atoms with Crippen LogP contribution in [0.1, 0.15) is 62.6 Å². The summed E-state index contributed by atoms with van der Waals surface area (Å²) in [7, 11) is -6.46. The van der Waals surface area contributed by atoms with Gasteiger partial charge < -0.3 is 18.9 Å². The fourth-order valence-corrected chi connectivity index (χ4v) is 9.26. The van der Waals surface area contributed by atoms with Crippen molar-refractivity contribution in [3.8, 4) is 0 Å². The molecule has 0 aliphatic carbocycles. The number of aromatic nitrogens is 6. The lowest BCUT2D eigenvalue weighted by molar-refractivity contribution is 0.397. The van der Waals surface area contributed by atoms with Crippen molar-refractivity contribution in [2.45, 2.75) is 76.5 Å². The van der Waals surface area contributed by atoms with Crippen molar-refractivity contribution < 1.29 is 16.8 Å². The Morgan fingerprint density at radius 3 is 1.30 bits per heavy atom. The first-order valence-corrected chi connectivity index (χ1v) is 22.1. The van der Waals surface area contributed by atoms with E-state index in [0.717, 1.165) is 71.3 Å². The van der Waals surface area contributed by atoms with Crippen LogP contribution in [0.15, 0.2) is 82.8 Å². The molecule has 0 bridgehead atoms. The molecule has 6 heterocycles. The van der Waals surface area contributed by atoms with Crippen LogP contribution in [0, 0.1) is 25.7 Å². The van der Waals surface area contributed by atoms with Gasteiger partial charge in [-0.15, -0.1) is 0 Å². The van der Waals surface area contributed by atoms with E-state index in [1.807, 2.05) is 38.1 Å². The van der Waals surface area contributed by atoms with Crippen LogP contribution in [0.2, 0.25) is 0 Å². The van der Waals surface area contributed by atoms with Gasteiger partial charge in [0.15, 0.2) is 19.7 Å². The molecule has 0 spiro atoms. The molecule has 12 nitrogen and oxygen atoms in total. The lowest BCUT2D eigenvalue weighted by Gasteiger charge is -2.39. The van der Waals surface area contributed by atoms with Crippen LogP contribution >= 0.6 is 0 Å². The van der Waals surface area contributed by atoms with Gasteiger partial charge in [-0.25, -0.2) is 36.8 Å². The summed E-state index contributed by atoms with van der Waals surface area (Å²) in [5.74, 6) is 2.21. The summed E-state index contributed by atoms with van der Waals surface area (Å²) in [6, 6.07) is 19.2. The maximum atomic E-state index is 12.0. The van der Waals surface area contributed by atoms with E-state index in [1.54, 1.807) is 36.7 Å². The molecule has 284 valence electrons. The minimum absolute atomic E-state index is 0.134. The number of benzene rings is 2. The van der Waals surface area contributed by atoms with E-state index < -0.39 is 19.7 Å². The Bertz CT molecular complexity index is 2420. The minimum atomic E-state index is -3.23. The molecule has 0 saturated carbocycles. The minimum Gasteiger partial charge on any atom is -0.341 e. The van der Waals surface area contributed by atoms with Gasteiger partial charge in [0.2, 0.25) is 11.9 Å². The van der Waals surface area contributed by atoms with Crippen LogP contribution < -0.4 is 9.80 Å². The molecule has 2 aromatic carbocycles. The largest absolute Gasteiger partial charge is 0.341 e. The summed E-state index contributed by atoms with van der Waals surface area (Å²) in [4.78, 5) is 23.5. The first-order valence-electron chi connectivity index (χ1n) is 18.3. The van der Waals surface area contributed by atoms with Crippen LogP contribution in [-0.4, -0.2) is 71.5 Å². The van der Waals surface area contributed by atoms with Crippen molar-refractivity contribution in [1.82, 2.24) is 29.1 Å². The van der Waals surface area contributed by atoms with Gasteiger partial charge >= 0.3 is 0 Å². The highest BCUT2D eigenvalue weighted by Gasteiger charge is 2.34. The van der Waals surface area contributed by atoms with E-state index in [-0.39, 0.29) is 12.1 Å². The van der Waals surface area contributed by atoms with Crippen molar-refractivity contribution in [3.63, 3.8) is 0 Å². The zero-order valence-electron chi connectivity index (χ0n) is 32.1. The number of rotatable bonds is 6. The monoisotopic (exact) mass is 768 g/mol. The Labute approximate surface area is 317 Å². The van der Waals surface area contributed by atoms with Crippen LogP contribution in [0.3, 0.4) is 0 Å². The van der Waals surface area contributed by atoms with Crippen molar-refractivity contribution in [2.24, 2.45) is 11.8 Å². The average Bonchev–Trinajstić information content (AvgIpc) is 3.67. The van der Waals surface area contributed by atoms with Gasteiger partial charge in [0, 0.05) is 95.7 Å². The maximum absolute atomic E-state index is 12.0. The molecule has 4 aromatic heterocycles. The van der Waals surface area contributed by atoms with Gasteiger partial charge in [0.1, 0.15) is 0 Å². The predicted octanol–water partition coefficient (Wildman–Crippen LogP) is 6.72. The highest BCUT2D eigenvalue weighted by molar-refractivity contribution is 7.91. The van der Waals surface area contributed by atoms with Crippen molar-refractivity contribution in [3.05, 3.63) is 95.8 Å². The molecular weight excluding hydrogens is 721 g/mol. The predicted molar refractivity (Wildman–Crippen MR) is 213 cm³/mol. The third-order valence-electron chi connectivity index (χ3n) is 10.4. The van der Waals surface area contributed by atoms with Crippen LogP contribution in [-0.2, 0) is 32.8 Å². The molecule has 2 atom stereocenters. The van der Waals surface area contributed by atoms with E-state index >= 15 is 0 Å². The highest BCUT2D eigenvalue weighted by Crippen LogP contribution is 2.40. The second kappa shape index (κ2) is 14.1. The molecule has 2 aliphatic heterocycles. The summed E-state index contributed by atoms with van der Waals surface area (Å²) in [6.45, 7) is 15.8. The second-order valence-corrected chi connectivity index (χ2v) is 19.2. The Kier molecular flexibility index (Phi) is 9.80. The molecule has 6 aromatic rings. The second-order valence-electron chi connectivity index (χ2n) is 15.2. The smallest absolute Gasteiger partial charge is 0.226 e. The number of fused-ring (bicyclic) bond motifs is 6.